The van der Waals surface area contributed by atoms with Crippen molar-refractivity contribution in [3.63, 3.8) is 0 Å². The number of ether oxygens (including phenoxy) is 2. The second-order valence-electron chi connectivity index (χ2n) is 15.9. The van der Waals surface area contributed by atoms with Gasteiger partial charge < -0.3 is 51.6 Å². The maximum atomic E-state index is 12.9. The Hall–Kier alpha value is -4.89. The molecule has 0 saturated carbocycles. The smallest absolute Gasteiger partial charge is 0.206 e. The number of carbonyl (C=O) groups excluding carboxylic acids is 2. The molecule has 1 aromatic heterocycles. The van der Waals surface area contributed by atoms with Crippen LogP contribution in [0.1, 0.15) is 60.2 Å². The van der Waals surface area contributed by atoms with Crippen LogP contribution in [-0.2, 0) is 0 Å². The number of nitrogen functional groups attached to an aromatic ring is 1. The molecule has 3 heterocycles. The molecule has 4 aromatic carbocycles. The fourth-order valence-electron chi connectivity index (χ4n) is 7.43. The number of methoxy groups -OCH3 is 2. The fourth-order valence-corrected chi connectivity index (χ4v) is 9.35. The number of nitrogens with one attached hydrogen (secondary N) is 2. The van der Waals surface area contributed by atoms with Gasteiger partial charge in [0.15, 0.2) is 21.2 Å². The normalized spacial score (nSPS) is 13.5. The second-order valence-corrected chi connectivity index (χ2v) is 19.2. The summed E-state index contributed by atoms with van der Waals surface area (Å²) in [6, 6.07) is 30.5. The van der Waals surface area contributed by atoms with Crippen LogP contribution in [0.2, 0.25) is 0 Å². The van der Waals surface area contributed by atoms with Crippen LogP contribution in [0.5, 0.6) is 11.5 Å². The van der Waals surface area contributed by atoms with E-state index in [1.165, 1.54) is 34.5 Å². The zero-order valence-electron chi connectivity index (χ0n) is 40.7. The maximum Gasteiger partial charge on any atom is 0.206 e. The summed E-state index contributed by atoms with van der Waals surface area (Å²) in [5.41, 5.74) is 17.2. The number of piperazine rings is 2. The summed E-state index contributed by atoms with van der Waals surface area (Å²) < 4.78 is 10.2. The van der Waals surface area contributed by atoms with Gasteiger partial charge in [-0.3, -0.25) is 19.4 Å². The molecule has 2 fully saturated rings. The van der Waals surface area contributed by atoms with Crippen LogP contribution in [0, 0.1) is 0 Å². The molecule has 7 rings (SSSR count). The van der Waals surface area contributed by atoms with Gasteiger partial charge in [0.1, 0.15) is 22.2 Å². The number of halogens is 1. The Morgan fingerprint density at radius 2 is 1.26 bits per heavy atom. The molecule has 1 atom stereocenters. The molecule has 0 aliphatic carbocycles. The van der Waals surface area contributed by atoms with Gasteiger partial charge in [0.05, 0.1) is 19.5 Å². The summed E-state index contributed by atoms with van der Waals surface area (Å²) >= 11 is 11.0. The number of rotatable bonds is 18. The Bertz CT molecular complexity index is 2440. The number of nitrogens with zero attached hydrogens (tertiary/aromatic N) is 6. The Morgan fingerprint density at radius 3 is 1.73 bits per heavy atom. The predicted molar refractivity (Wildman–Crippen MR) is 321 cm³/mol. The Kier molecular flexibility index (Phi) is 30.4. The van der Waals surface area contributed by atoms with Gasteiger partial charge in [-0.15, -0.1) is 0 Å². The predicted octanol–water partition coefficient (Wildman–Crippen LogP) is 8.77. The minimum atomic E-state index is -0.176. The van der Waals surface area contributed by atoms with Crippen molar-refractivity contribution in [2.45, 2.75) is 34.6 Å². The third kappa shape index (κ3) is 21.1. The van der Waals surface area contributed by atoms with Gasteiger partial charge in [-0.25, -0.2) is 4.98 Å². The molecule has 21 heteroatoms. The molecule has 2 aliphatic rings. The Morgan fingerprint density at radius 1 is 0.781 bits per heavy atom. The van der Waals surface area contributed by atoms with Crippen LogP contribution in [0.4, 0.5) is 33.7 Å². The lowest BCUT2D eigenvalue weighted by Crippen LogP contribution is -2.46. The first-order valence-electron chi connectivity index (χ1n) is 23.1. The van der Waals surface area contributed by atoms with Crippen LogP contribution < -0.4 is 41.4 Å². The van der Waals surface area contributed by atoms with E-state index in [9.17, 15) is 9.59 Å². The molecule has 1 unspecified atom stereocenters. The zero-order valence-corrected chi connectivity index (χ0v) is 46.2. The molecule has 73 heavy (non-hydrogen) atoms. The average Bonchev–Trinajstić information content (AvgIpc) is 3.76. The van der Waals surface area contributed by atoms with Gasteiger partial charge in [-0.05, 0) is 104 Å². The number of benzene rings is 4. The number of aliphatic hydroxyl groups is 2. The molecular formula is C52H76BrN10O6PS3. The van der Waals surface area contributed by atoms with Crippen molar-refractivity contribution in [1.29, 1.82) is 0 Å². The molecule has 16 nitrogen and oxygen atoms in total. The van der Waals surface area contributed by atoms with E-state index in [0.717, 1.165) is 95.4 Å². The highest BCUT2D eigenvalue weighted by molar-refractivity contribution is 9.09. The van der Waals surface area contributed by atoms with Crippen molar-refractivity contribution in [3.8, 4) is 11.5 Å². The van der Waals surface area contributed by atoms with Gasteiger partial charge in [0.2, 0.25) is 5.78 Å². The largest absolute Gasteiger partial charge is 0.497 e. The number of thiazole rings is 1. The number of aromatic nitrogens is 1. The molecule has 400 valence electrons. The number of thioether (sulfide) groups is 1. The molecule has 0 radical (unpaired) electrons. The molecule has 0 spiro atoms. The van der Waals surface area contributed by atoms with E-state index >= 15 is 0 Å². The summed E-state index contributed by atoms with van der Waals surface area (Å²) in [5, 5.41) is 26.0. The number of Topliss-reactive ketones (excluding diaryl/α,β-unsaturated/α-hetero) is 1. The molecular weight excluding hydrogens is 1070 g/mol. The quantitative estimate of drug-likeness (QED) is 0.0121. The van der Waals surface area contributed by atoms with Crippen LogP contribution >= 0.6 is 61.1 Å². The second kappa shape index (κ2) is 34.6. The Balaban J connectivity index is 0.000000404. The van der Waals surface area contributed by atoms with E-state index in [0.29, 0.717) is 48.2 Å². The zero-order chi connectivity index (χ0) is 50.3. The molecule has 0 amide bonds. The van der Waals surface area contributed by atoms with Gasteiger partial charge >= 0.3 is 0 Å². The summed E-state index contributed by atoms with van der Waals surface area (Å²) in [5.74, 6) is 2.31. The van der Waals surface area contributed by atoms with Crippen LogP contribution in [0.3, 0.4) is 0 Å². The average molecular weight is 1140 g/mol. The lowest BCUT2D eigenvalue weighted by atomic mass is 10.1. The Labute approximate surface area is 458 Å². The minimum Gasteiger partial charge on any atom is -0.497 e. The minimum absolute atomic E-state index is 0. The third-order valence-corrected chi connectivity index (χ3v) is 13.5. The first kappa shape index (κ1) is 64.2. The highest BCUT2D eigenvalue weighted by Gasteiger charge is 2.21. The highest BCUT2D eigenvalue weighted by atomic mass is 79.9. The number of hydrogen-bond acceptors (Lipinski definition) is 16. The van der Waals surface area contributed by atoms with Gasteiger partial charge in [-0.2, -0.15) is 14.9 Å². The number of carbonyl (C=O) groups is 2. The molecule has 2 aliphatic heterocycles. The lowest BCUT2D eigenvalue weighted by molar-refractivity contribution is 0.102. The number of aliphatic imine (C=N–C) groups is 1. The standard InChI is InChI=1S/C24H29N5O3S.C17H27N5OS2.C9H9BrO2.2CH4.H3P/c1-32-20-5-2-4-17(16-20)21(31)22-23(25)27-24(33-22)26-18-6-8-19(9-7-18)29-13-11-28(12-14-29)10-3-15-30;1-2-25-16(18)20-17(24)19-14-4-6-15(7-5-14)22-11-9-21(10-12-22)8-3-13-23;1-12-8-4-2-3-7(5-8)9(11)6-10;;;/h2,4-9,16,30H,3,10-15,25H2,1H3,(H,26,27);4-7,23H,2-3,8-13H2,1H3,(H3,18,19,20,24);2-5H,6H2,1H3;2*1H4;1H3. The van der Waals surface area contributed by atoms with Crippen molar-refractivity contribution in [2.75, 3.05) is 130 Å². The number of aliphatic hydroxyl groups excluding tert-OH is 2. The molecule has 8 N–H and O–H groups in total. The first-order valence-corrected chi connectivity index (χ1v) is 26.4. The van der Waals surface area contributed by atoms with Gasteiger partial charge in [-0.1, -0.05) is 85.1 Å². The van der Waals surface area contributed by atoms with Gasteiger partial charge in [0, 0.05) is 113 Å². The fraction of sp³-hybridized carbons (Fsp3) is 0.404. The van der Waals surface area contributed by atoms with E-state index in [4.69, 9.17) is 43.4 Å². The van der Waals surface area contributed by atoms with E-state index < -0.39 is 0 Å². The van der Waals surface area contributed by atoms with E-state index in [-0.39, 0.29) is 55.4 Å². The van der Waals surface area contributed by atoms with Crippen molar-refractivity contribution >= 4 is 117 Å². The van der Waals surface area contributed by atoms with Crippen molar-refractivity contribution in [2.24, 2.45) is 10.7 Å². The number of hydrogen-bond donors (Lipinski definition) is 6. The highest BCUT2D eigenvalue weighted by Crippen LogP contribution is 2.31. The first-order chi connectivity index (χ1) is 34.0. The number of ketones is 2. The van der Waals surface area contributed by atoms with E-state index in [2.05, 4.69) is 80.4 Å². The maximum absolute atomic E-state index is 12.9. The van der Waals surface area contributed by atoms with E-state index in [1.54, 1.807) is 56.7 Å². The third-order valence-electron chi connectivity index (χ3n) is 11.2. The van der Waals surface area contributed by atoms with Gasteiger partial charge in [0.25, 0.3) is 0 Å². The monoisotopic (exact) mass is 1140 g/mol. The lowest BCUT2D eigenvalue weighted by Gasteiger charge is -2.36. The van der Waals surface area contributed by atoms with Crippen LogP contribution in [0.15, 0.2) is 102 Å². The summed E-state index contributed by atoms with van der Waals surface area (Å²) in [4.78, 5) is 42.5. The molecule has 5 aromatic rings. The number of alkyl halides is 1. The molecule has 2 saturated heterocycles. The summed E-state index contributed by atoms with van der Waals surface area (Å²) in [6.07, 6.45) is 1.68. The summed E-state index contributed by atoms with van der Waals surface area (Å²) in [6.45, 7) is 12.5. The number of thiocarbonyl (C=S) groups is 1. The summed E-state index contributed by atoms with van der Waals surface area (Å²) in [7, 11) is 3.15. The number of amidine groups is 1. The molecule has 0 bridgehead atoms. The van der Waals surface area contributed by atoms with Crippen molar-refractivity contribution in [1.82, 2.24) is 14.8 Å². The SMILES string of the molecule is C.C.CCSC(N)=NC(=S)Nc1ccc(N2CCN(CCCO)CC2)cc1.COc1cccc(C(=O)CBr)c1.COc1cccc(C(=O)c2sc(Nc3ccc(N4CCN(CCCO)CC4)cc3)nc2N)c1.P. The van der Waals surface area contributed by atoms with Crippen LogP contribution in [-0.4, -0.2) is 151 Å². The number of nitrogens with two attached hydrogens (primary N) is 2. The van der Waals surface area contributed by atoms with Crippen LogP contribution in [0.25, 0.3) is 0 Å². The van der Waals surface area contributed by atoms with Crippen molar-refractivity contribution in [3.05, 3.63) is 113 Å². The topological polar surface area (TPSA) is 207 Å². The number of anilines is 6. The van der Waals surface area contributed by atoms with E-state index in [1.807, 2.05) is 37.3 Å². The van der Waals surface area contributed by atoms with Crippen molar-refractivity contribution < 1.29 is 29.3 Å².